The molecule has 1 heterocycles. The number of methoxy groups -OCH3 is 2. The maximum absolute atomic E-state index is 12.4. The van der Waals surface area contributed by atoms with E-state index in [0.717, 1.165) is 24.1 Å². The van der Waals surface area contributed by atoms with E-state index in [0.29, 0.717) is 23.6 Å². The maximum Gasteiger partial charge on any atom is 0.254 e. The second kappa shape index (κ2) is 8.12. The van der Waals surface area contributed by atoms with E-state index in [4.69, 9.17) is 9.47 Å². The van der Waals surface area contributed by atoms with Crippen molar-refractivity contribution in [1.82, 2.24) is 15.3 Å². The Kier molecular flexibility index (Phi) is 5.91. The van der Waals surface area contributed by atoms with Crippen molar-refractivity contribution >= 4 is 5.91 Å². The van der Waals surface area contributed by atoms with Crippen molar-refractivity contribution in [2.75, 3.05) is 14.2 Å². The molecule has 0 aliphatic rings. The van der Waals surface area contributed by atoms with Gasteiger partial charge in [0, 0.05) is 24.4 Å². The molecule has 1 N–H and O–H groups in total. The van der Waals surface area contributed by atoms with E-state index in [9.17, 15) is 4.79 Å². The Hall–Kier alpha value is -2.63. The Morgan fingerprint density at radius 1 is 1.26 bits per heavy atom. The number of aryl methyl sites for hydroxylation is 1. The van der Waals surface area contributed by atoms with Gasteiger partial charge < -0.3 is 14.8 Å². The molecule has 0 unspecified atom stereocenters. The number of benzene rings is 1. The summed E-state index contributed by atoms with van der Waals surface area (Å²) in [5, 5.41) is 2.89. The van der Waals surface area contributed by atoms with Crippen LogP contribution in [0.2, 0.25) is 0 Å². The van der Waals surface area contributed by atoms with Gasteiger partial charge in [0.1, 0.15) is 17.8 Å². The molecule has 0 aliphatic heterocycles. The van der Waals surface area contributed by atoms with Gasteiger partial charge in [-0.1, -0.05) is 13.3 Å². The van der Waals surface area contributed by atoms with Crippen LogP contribution in [-0.4, -0.2) is 30.1 Å². The van der Waals surface area contributed by atoms with Gasteiger partial charge in [-0.3, -0.25) is 4.79 Å². The normalized spacial score (nSPS) is 10.2. The number of carbonyl (C=O) groups excluding carboxylic acids is 1. The first-order valence-corrected chi connectivity index (χ1v) is 7.47. The third kappa shape index (κ3) is 4.18. The van der Waals surface area contributed by atoms with Crippen LogP contribution in [0, 0.1) is 0 Å². The minimum atomic E-state index is -0.188. The largest absolute Gasteiger partial charge is 0.497 e. The molecule has 1 amide bonds. The fraction of sp³-hybridized carbons (Fsp3) is 0.353. The number of nitrogens with one attached hydrogen (secondary N) is 1. The number of aromatic nitrogens is 2. The Balaban J connectivity index is 2.10. The van der Waals surface area contributed by atoms with E-state index in [2.05, 4.69) is 15.3 Å². The molecule has 1 aromatic heterocycles. The second-order valence-corrected chi connectivity index (χ2v) is 4.99. The Labute approximate surface area is 135 Å². The van der Waals surface area contributed by atoms with Crippen LogP contribution in [0.5, 0.6) is 11.5 Å². The van der Waals surface area contributed by atoms with Crippen LogP contribution >= 0.6 is 0 Å². The van der Waals surface area contributed by atoms with E-state index in [1.807, 2.05) is 19.1 Å². The summed E-state index contributed by atoms with van der Waals surface area (Å²) in [5.41, 5.74) is 2.15. The Bertz CT molecular complexity index is 674. The zero-order valence-electron chi connectivity index (χ0n) is 13.6. The molecule has 122 valence electrons. The van der Waals surface area contributed by atoms with Crippen LogP contribution in [0.3, 0.4) is 0 Å². The summed E-state index contributed by atoms with van der Waals surface area (Å²) in [5.74, 6) is 1.19. The minimum absolute atomic E-state index is 0.188. The van der Waals surface area contributed by atoms with Crippen molar-refractivity contribution in [2.45, 2.75) is 26.3 Å². The minimum Gasteiger partial charge on any atom is -0.497 e. The van der Waals surface area contributed by atoms with Gasteiger partial charge in [-0.25, -0.2) is 9.97 Å². The topological polar surface area (TPSA) is 73.3 Å². The summed E-state index contributed by atoms with van der Waals surface area (Å²) < 4.78 is 10.5. The third-order valence-electron chi connectivity index (χ3n) is 3.46. The number of carbonyl (C=O) groups is 1. The number of hydrogen-bond acceptors (Lipinski definition) is 5. The highest BCUT2D eigenvalue weighted by Crippen LogP contribution is 2.24. The molecule has 6 nitrogen and oxygen atoms in total. The average Bonchev–Trinajstić information content (AvgIpc) is 2.60. The molecule has 23 heavy (non-hydrogen) atoms. The van der Waals surface area contributed by atoms with Gasteiger partial charge >= 0.3 is 0 Å². The van der Waals surface area contributed by atoms with Gasteiger partial charge in [-0.05, 0) is 18.6 Å². The summed E-state index contributed by atoms with van der Waals surface area (Å²) in [6, 6.07) is 5.49. The molecular weight excluding hydrogens is 294 g/mol. The van der Waals surface area contributed by atoms with E-state index in [1.165, 1.54) is 6.33 Å². The molecule has 0 saturated heterocycles. The fourth-order valence-electron chi connectivity index (χ4n) is 2.25. The van der Waals surface area contributed by atoms with Crippen LogP contribution in [0.4, 0.5) is 0 Å². The molecule has 2 aromatic rings. The predicted molar refractivity (Wildman–Crippen MR) is 86.7 cm³/mol. The molecule has 0 spiro atoms. The second-order valence-electron chi connectivity index (χ2n) is 4.99. The zero-order chi connectivity index (χ0) is 16.7. The van der Waals surface area contributed by atoms with Crippen molar-refractivity contribution in [2.24, 2.45) is 0 Å². The molecule has 2 rings (SSSR count). The summed E-state index contributed by atoms with van der Waals surface area (Å²) in [7, 11) is 3.19. The monoisotopic (exact) mass is 315 g/mol. The van der Waals surface area contributed by atoms with Crippen LogP contribution in [0.1, 0.15) is 35.0 Å². The van der Waals surface area contributed by atoms with Crippen LogP contribution in [-0.2, 0) is 13.0 Å². The van der Waals surface area contributed by atoms with Gasteiger partial charge in [0.15, 0.2) is 0 Å². The summed E-state index contributed by atoms with van der Waals surface area (Å²) in [6.07, 6.45) is 4.69. The lowest BCUT2D eigenvalue weighted by atomic mass is 10.1. The van der Waals surface area contributed by atoms with Gasteiger partial charge in [-0.15, -0.1) is 0 Å². The average molecular weight is 315 g/mol. The molecule has 0 saturated carbocycles. The van der Waals surface area contributed by atoms with Crippen molar-refractivity contribution in [3.8, 4) is 11.5 Å². The number of ether oxygens (including phenoxy) is 2. The molecule has 0 radical (unpaired) electrons. The fourth-order valence-corrected chi connectivity index (χ4v) is 2.25. The smallest absolute Gasteiger partial charge is 0.254 e. The first kappa shape index (κ1) is 16.7. The van der Waals surface area contributed by atoms with Crippen molar-refractivity contribution in [3.63, 3.8) is 0 Å². The SMILES string of the molecule is CCCc1ncncc1C(=O)NCc1ccc(OC)cc1OC. The highest BCUT2D eigenvalue weighted by Gasteiger charge is 2.13. The molecule has 0 bridgehead atoms. The van der Waals surface area contributed by atoms with Crippen LogP contribution in [0.25, 0.3) is 0 Å². The van der Waals surface area contributed by atoms with E-state index in [1.54, 1.807) is 26.5 Å². The molecule has 1 aromatic carbocycles. The van der Waals surface area contributed by atoms with Gasteiger partial charge in [0.2, 0.25) is 0 Å². The number of nitrogens with zero attached hydrogens (tertiary/aromatic N) is 2. The van der Waals surface area contributed by atoms with Crippen molar-refractivity contribution in [1.29, 1.82) is 0 Å². The molecule has 0 atom stereocenters. The van der Waals surface area contributed by atoms with Gasteiger partial charge in [0.05, 0.1) is 25.5 Å². The molecule has 0 aliphatic carbocycles. The predicted octanol–water partition coefficient (Wildman–Crippen LogP) is 2.38. The highest BCUT2D eigenvalue weighted by atomic mass is 16.5. The quantitative estimate of drug-likeness (QED) is 0.849. The highest BCUT2D eigenvalue weighted by molar-refractivity contribution is 5.94. The molecule has 0 fully saturated rings. The lowest BCUT2D eigenvalue weighted by molar-refractivity contribution is 0.0949. The standard InChI is InChI=1S/C17H21N3O3/c1-4-5-15-14(10-18-11-20-15)17(21)19-9-12-6-7-13(22-2)8-16(12)23-3/h6-8,10-11H,4-5,9H2,1-3H3,(H,19,21). The summed E-state index contributed by atoms with van der Waals surface area (Å²) in [6.45, 7) is 2.40. The zero-order valence-corrected chi connectivity index (χ0v) is 13.6. The number of hydrogen-bond donors (Lipinski definition) is 1. The van der Waals surface area contributed by atoms with Crippen LogP contribution < -0.4 is 14.8 Å². The first-order valence-electron chi connectivity index (χ1n) is 7.47. The lowest BCUT2D eigenvalue weighted by Crippen LogP contribution is -2.25. The summed E-state index contributed by atoms with van der Waals surface area (Å²) >= 11 is 0. The third-order valence-corrected chi connectivity index (χ3v) is 3.46. The maximum atomic E-state index is 12.4. The molecular formula is C17H21N3O3. The number of rotatable bonds is 7. The van der Waals surface area contributed by atoms with E-state index in [-0.39, 0.29) is 5.91 Å². The number of amides is 1. The Morgan fingerprint density at radius 3 is 2.78 bits per heavy atom. The van der Waals surface area contributed by atoms with E-state index < -0.39 is 0 Å². The summed E-state index contributed by atoms with van der Waals surface area (Å²) in [4.78, 5) is 20.5. The van der Waals surface area contributed by atoms with E-state index >= 15 is 0 Å². The molecule has 6 heteroatoms. The first-order chi connectivity index (χ1) is 11.2. The van der Waals surface area contributed by atoms with Crippen molar-refractivity contribution in [3.05, 3.63) is 47.5 Å². The lowest BCUT2D eigenvalue weighted by Gasteiger charge is -2.12. The Morgan fingerprint density at radius 2 is 2.09 bits per heavy atom. The van der Waals surface area contributed by atoms with Crippen molar-refractivity contribution < 1.29 is 14.3 Å². The van der Waals surface area contributed by atoms with Gasteiger partial charge in [0.25, 0.3) is 5.91 Å². The van der Waals surface area contributed by atoms with Crippen LogP contribution in [0.15, 0.2) is 30.7 Å². The van der Waals surface area contributed by atoms with Gasteiger partial charge in [-0.2, -0.15) is 0 Å².